The van der Waals surface area contributed by atoms with Gasteiger partial charge in [-0.1, -0.05) is 17.8 Å². The summed E-state index contributed by atoms with van der Waals surface area (Å²) >= 11 is 0. The molecule has 0 atom stereocenters. The Labute approximate surface area is 79.2 Å². The van der Waals surface area contributed by atoms with Crippen molar-refractivity contribution in [3.8, 4) is 0 Å². The first kappa shape index (κ1) is 10.3. The monoisotopic (exact) mass is 199 g/mol. The number of rotatable bonds is 2. The minimum Gasteiger partial charge on any atom is -0.275 e. The molecule has 0 unspecified atom stereocenters. The van der Waals surface area contributed by atoms with Crippen molar-refractivity contribution >= 4 is 21.1 Å². The molecule has 0 aromatic heterocycles. The summed E-state index contributed by atoms with van der Waals surface area (Å²) in [5.74, 6) is 7.51. The Morgan fingerprint density at radius 1 is 1.38 bits per heavy atom. The van der Waals surface area contributed by atoms with Crippen molar-refractivity contribution in [3.05, 3.63) is 29.6 Å². The maximum absolute atomic E-state index is 13.4. The second-order valence-corrected chi connectivity index (χ2v) is 5.64. The van der Waals surface area contributed by atoms with Crippen LogP contribution in [-0.2, 0) is 0 Å². The molecule has 3 heteroatoms. The van der Waals surface area contributed by atoms with Crippen LogP contribution in [0.25, 0.3) is 0 Å². The second-order valence-electron chi connectivity index (χ2n) is 3.02. The lowest BCUT2D eigenvalue weighted by molar-refractivity contribution is 0.600. The van der Waals surface area contributed by atoms with Gasteiger partial charge in [0.05, 0.1) is 0 Å². The summed E-state index contributed by atoms with van der Waals surface area (Å²) in [4.78, 5) is 0.570. The molecule has 1 rings (SSSR count). The average Bonchev–Trinajstić information content (AvgIpc) is 2.03. The van der Waals surface area contributed by atoms with Crippen LogP contribution < -0.4 is 4.72 Å². The third kappa shape index (κ3) is 2.11. The van der Waals surface area contributed by atoms with E-state index in [1.807, 2.05) is 13.0 Å². The van der Waals surface area contributed by atoms with Crippen LogP contribution in [0, 0.1) is 12.7 Å². The predicted octanol–water partition coefficient (Wildman–Crippen LogP) is 2.30. The number of aryl methyl sites for hydroxylation is 1. The summed E-state index contributed by atoms with van der Waals surface area (Å²) in [5, 5.41) is 0. The Morgan fingerprint density at radius 2 is 2.00 bits per heavy atom. The molecule has 1 nitrogen and oxygen atoms in total. The summed E-state index contributed by atoms with van der Waals surface area (Å²) in [6.07, 6.45) is 0. The molecule has 72 valence electrons. The highest BCUT2D eigenvalue weighted by Gasteiger charge is 2.05. The highest BCUT2D eigenvalue weighted by atomic mass is 32.2. The molecular formula is C10H14FNS. The largest absolute Gasteiger partial charge is 0.275 e. The van der Waals surface area contributed by atoms with E-state index >= 15 is 0 Å². The van der Waals surface area contributed by atoms with Gasteiger partial charge in [0, 0.05) is 4.90 Å². The lowest BCUT2D eigenvalue weighted by Crippen LogP contribution is -2.03. The summed E-state index contributed by atoms with van der Waals surface area (Å²) in [6.45, 7) is 1.86. The minimum absolute atomic E-state index is 0.227. The normalized spacial score (nSPS) is 11.6. The van der Waals surface area contributed by atoms with E-state index in [4.69, 9.17) is 0 Å². The van der Waals surface area contributed by atoms with Gasteiger partial charge in [-0.05, 0) is 31.7 Å². The van der Waals surface area contributed by atoms with Gasteiger partial charge < -0.3 is 0 Å². The first-order valence-corrected chi connectivity index (χ1v) is 5.88. The number of hydrogen-bond acceptors (Lipinski definition) is 1. The van der Waals surface area contributed by atoms with Crippen molar-refractivity contribution in [3.63, 3.8) is 0 Å². The zero-order chi connectivity index (χ0) is 10.1. The summed E-state index contributed by atoms with van der Waals surface area (Å²) in [6, 6.07) is 5.12. The molecule has 0 amide bonds. The molecule has 0 saturated heterocycles. The molecule has 0 spiro atoms. The van der Waals surface area contributed by atoms with Gasteiger partial charge >= 0.3 is 0 Å². The molecular weight excluding hydrogens is 185 g/mol. The van der Waals surface area contributed by atoms with Crippen molar-refractivity contribution < 1.29 is 4.39 Å². The Morgan fingerprint density at radius 3 is 2.46 bits per heavy atom. The van der Waals surface area contributed by atoms with Crippen molar-refractivity contribution in [2.24, 2.45) is 0 Å². The molecule has 0 bridgehead atoms. The zero-order valence-electron chi connectivity index (χ0n) is 7.93. The molecule has 0 aliphatic rings. The van der Waals surface area contributed by atoms with Gasteiger partial charge in [0.2, 0.25) is 0 Å². The van der Waals surface area contributed by atoms with E-state index in [1.165, 1.54) is 6.07 Å². The van der Waals surface area contributed by atoms with E-state index in [0.29, 0.717) is 4.90 Å². The first-order chi connectivity index (χ1) is 5.97. The first-order valence-electron chi connectivity index (χ1n) is 3.91. The molecule has 0 fully saturated rings. The standard InChI is InChI=1S/C10H14FNS/c1-8-5-6-10(9(11)7-8)13(3,4)12-2/h5-7,12H,3-4H2,1-2H3. The van der Waals surface area contributed by atoms with E-state index in [9.17, 15) is 4.39 Å². The lowest BCUT2D eigenvalue weighted by atomic mass is 10.2. The number of benzene rings is 1. The van der Waals surface area contributed by atoms with Gasteiger partial charge in [0.15, 0.2) is 0 Å². The summed E-state index contributed by atoms with van der Waals surface area (Å²) < 4.78 is 16.4. The minimum atomic E-state index is -1.67. The Kier molecular flexibility index (Phi) is 2.78. The van der Waals surface area contributed by atoms with Crippen LogP contribution in [0.5, 0.6) is 0 Å². The van der Waals surface area contributed by atoms with E-state index < -0.39 is 9.39 Å². The number of nitrogens with one attached hydrogen (secondary N) is 1. The topological polar surface area (TPSA) is 12.0 Å². The van der Waals surface area contributed by atoms with Crippen LogP contribution in [0.1, 0.15) is 5.56 Å². The van der Waals surface area contributed by atoms with Gasteiger partial charge in [-0.15, -0.1) is 9.39 Å². The maximum atomic E-state index is 13.4. The molecule has 13 heavy (non-hydrogen) atoms. The third-order valence-corrected chi connectivity index (χ3v) is 3.85. The molecule has 0 aliphatic heterocycles. The van der Waals surface area contributed by atoms with Crippen molar-refractivity contribution in [2.75, 3.05) is 7.05 Å². The molecule has 0 saturated carbocycles. The molecule has 0 radical (unpaired) electrons. The van der Waals surface area contributed by atoms with Gasteiger partial charge in [0.1, 0.15) is 5.82 Å². The number of hydrogen-bond donors (Lipinski definition) is 1. The van der Waals surface area contributed by atoms with Crippen LogP contribution in [0.15, 0.2) is 23.1 Å². The van der Waals surface area contributed by atoms with Crippen molar-refractivity contribution in [1.29, 1.82) is 0 Å². The summed E-state index contributed by atoms with van der Waals surface area (Å²) in [7, 11) is 0.0740. The Balaban J connectivity index is 3.33. The van der Waals surface area contributed by atoms with Crippen LogP contribution in [0.2, 0.25) is 0 Å². The maximum Gasteiger partial charge on any atom is 0.137 e. The van der Waals surface area contributed by atoms with Crippen LogP contribution in [0.4, 0.5) is 4.39 Å². The quantitative estimate of drug-likeness (QED) is 0.721. The fourth-order valence-electron chi connectivity index (χ4n) is 1.03. The van der Waals surface area contributed by atoms with E-state index in [2.05, 4.69) is 16.5 Å². The molecule has 1 N–H and O–H groups in total. The highest BCUT2D eigenvalue weighted by Crippen LogP contribution is 2.29. The predicted molar refractivity (Wildman–Crippen MR) is 60.3 cm³/mol. The summed E-state index contributed by atoms with van der Waals surface area (Å²) in [5.41, 5.74) is 0.910. The van der Waals surface area contributed by atoms with Crippen LogP contribution >= 0.6 is 9.39 Å². The van der Waals surface area contributed by atoms with E-state index in [1.54, 1.807) is 13.1 Å². The molecule has 0 aliphatic carbocycles. The SMILES string of the molecule is C=S(=C)(NC)c1ccc(C)cc1F. The highest BCUT2D eigenvalue weighted by molar-refractivity contribution is 8.26. The van der Waals surface area contributed by atoms with Gasteiger partial charge in [0.25, 0.3) is 0 Å². The fourth-order valence-corrected chi connectivity index (χ4v) is 2.01. The van der Waals surface area contributed by atoms with Gasteiger partial charge in [-0.2, -0.15) is 0 Å². The molecule has 1 aromatic rings. The van der Waals surface area contributed by atoms with Crippen molar-refractivity contribution in [1.82, 2.24) is 4.72 Å². The van der Waals surface area contributed by atoms with Crippen LogP contribution in [0.3, 0.4) is 0 Å². The van der Waals surface area contributed by atoms with E-state index in [-0.39, 0.29) is 5.82 Å². The molecule has 0 heterocycles. The zero-order valence-corrected chi connectivity index (χ0v) is 8.75. The van der Waals surface area contributed by atoms with E-state index in [0.717, 1.165) is 5.56 Å². The number of halogens is 1. The third-order valence-electron chi connectivity index (χ3n) is 1.90. The van der Waals surface area contributed by atoms with Gasteiger partial charge in [-0.25, -0.2) is 4.39 Å². The van der Waals surface area contributed by atoms with Gasteiger partial charge in [-0.3, -0.25) is 4.72 Å². The Hall–Kier alpha value is -0.800. The second kappa shape index (κ2) is 3.52. The lowest BCUT2D eigenvalue weighted by Gasteiger charge is -2.14. The smallest absolute Gasteiger partial charge is 0.137 e. The average molecular weight is 199 g/mol. The fraction of sp³-hybridized carbons (Fsp3) is 0.200. The van der Waals surface area contributed by atoms with Crippen molar-refractivity contribution in [2.45, 2.75) is 11.8 Å². The Bertz CT molecular complexity index is 407. The van der Waals surface area contributed by atoms with Crippen LogP contribution in [-0.4, -0.2) is 18.8 Å². The molecule has 1 aromatic carbocycles.